The molecule has 14 rings (SSSR count). The van der Waals surface area contributed by atoms with Crippen LogP contribution in [-0.2, 0) is 65.8 Å². The van der Waals surface area contributed by atoms with Crippen LogP contribution in [-0.4, -0.2) is 63.2 Å². The van der Waals surface area contributed by atoms with Crippen molar-refractivity contribution in [1.29, 1.82) is 0 Å². The van der Waals surface area contributed by atoms with Gasteiger partial charge < -0.3 is 33.5 Å². The highest BCUT2D eigenvalue weighted by Gasteiger charge is 2.58. The van der Waals surface area contributed by atoms with E-state index in [9.17, 15) is 14.7 Å². The van der Waals surface area contributed by atoms with Crippen molar-refractivity contribution in [3.8, 4) is 22.3 Å². The number of carbonyl (C=O) groups is 2. The number of thiophene rings is 2. The largest absolute Gasteiger partial charge is 0.477 e. The van der Waals surface area contributed by atoms with E-state index in [4.69, 9.17) is 40.0 Å². The summed E-state index contributed by atoms with van der Waals surface area (Å²) in [5.74, 6) is -4.84. The molecule has 13 heteroatoms. The molecule has 3 fully saturated rings. The molecule has 0 saturated carbocycles. The molecule has 3 saturated heterocycles. The summed E-state index contributed by atoms with van der Waals surface area (Å²) in [5, 5.41) is 17.9. The molecule has 9 aromatic rings. The molecule has 5 heterocycles. The lowest BCUT2D eigenvalue weighted by molar-refractivity contribution is -0.288. The van der Waals surface area contributed by atoms with E-state index in [1.807, 2.05) is 102 Å². The molecule has 0 radical (unpaired) electrons. The number of rotatable bonds is 8. The molecule has 5 aliphatic rings. The van der Waals surface area contributed by atoms with Crippen molar-refractivity contribution in [2.75, 3.05) is 46.2 Å². The van der Waals surface area contributed by atoms with Crippen LogP contribution in [0.3, 0.4) is 0 Å². The highest BCUT2D eigenvalue weighted by molar-refractivity contribution is 7.10. The molecule has 79 heavy (non-hydrogen) atoms. The minimum Gasteiger partial charge on any atom is -0.477 e. The van der Waals surface area contributed by atoms with E-state index in [0.29, 0.717) is 29.6 Å². The minimum absolute atomic E-state index is 0.113. The minimum atomic E-state index is -1.73. The second-order valence-corrected chi connectivity index (χ2v) is 22.5. The van der Waals surface area contributed by atoms with Gasteiger partial charge >= 0.3 is 23.5 Å². The van der Waals surface area contributed by atoms with Crippen LogP contribution >= 0.6 is 34.3 Å². The van der Waals surface area contributed by atoms with Gasteiger partial charge in [-0.3, -0.25) is 5.32 Å². The maximum atomic E-state index is 12.8. The Morgan fingerprint density at radius 2 is 0.924 bits per heavy atom. The maximum absolute atomic E-state index is 12.8. The van der Waals surface area contributed by atoms with E-state index < -0.39 is 34.3 Å². The van der Waals surface area contributed by atoms with Crippen molar-refractivity contribution in [2.24, 2.45) is 0 Å². The first kappa shape index (κ1) is 52.6. The molecular formula is C66H56ClNO9S2. The summed E-state index contributed by atoms with van der Waals surface area (Å²) in [6.07, 6.45) is -0.113. The zero-order chi connectivity index (χ0) is 54.1. The summed E-state index contributed by atoms with van der Waals surface area (Å²) in [7, 11) is 0. The lowest BCUT2D eigenvalue weighted by Crippen LogP contribution is -2.54. The predicted octanol–water partition coefficient (Wildman–Crippen LogP) is 13.4. The molecule has 3 aliphatic heterocycles. The van der Waals surface area contributed by atoms with Crippen molar-refractivity contribution in [1.82, 2.24) is 5.32 Å². The SMILES string of the molecule is CCOC(=O)C1(c2cccs2)OCC2(CO1)c1ccccc1-c1ccccc12.Clc1ccc(C2NCC(c3ccccc3)(c3ccccc3)CO2)cc1.O=C(O)C1(c2cccs2)OCC2(CO1)c1ccccc1-c1ccccc12. The van der Waals surface area contributed by atoms with Gasteiger partial charge in [-0.15, -0.1) is 22.7 Å². The number of ether oxygens (including phenoxy) is 6. The van der Waals surface area contributed by atoms with Gasteiger partial charge in [0.2, 0.25) is 0 Å². The average Bonchev–Trinajstić information content (AvgIpc) is 4.33. The third-order valence-electron chi connectivity index (χ3n) is 15.9. The van der Waals surface area contributed by atoms with Gasteiger partial charge in [0.25, 0.3) is 0 Å². The summed E-state index contributed by atoms with van der Waals surface area (Å²) in [6.45, 7) is 4.70. The van der Waals surface area contributed by atoms with Crippen molar-refractivity contribution < 1.29 is 43.1 Å². The number of carboxylic acid groups (broad SMARTS) is 1. The van der Waals surface area contributed by atoms with Crippen LogP contribution in [0.2, 0.25) is 5.02 Å². The van der Waals surface area contributed by atoms with Crippen LogP contribution in [0.15, 0.2) is 217 Å². The van der Waals surface area contributed by atoms with Crippen molar-refractivity contribution in [3.63, 3.8) is 0 Å². The number of benzene rings is 7. The molecule has 7 aromatic carbocycles. The summed E-state index contributed by atoms with van der Waals surface area (Å²) >= 11 is 8.76. The Morgan fingerprint density at radius 3 is 1.30 bits per heavy atom. The van der Waals surface area contributed by atoms with E-state index >= 15 is 0 Å². The Bertz CT molecular complexity index is 3430. The van der Waals surface area contributed by atoms with Gasteiger partial charge in [0, 0.05) is 11.6 Å². The van der Waals surface area contributed by atoms with Gasteiger partial charge in [-0.2, -0.15) is 0 Å². The zero-order valence-corrected chi connectivity index (χ0v) is 45.6. The normalized spacial score (nSPS) is 19.0. The number of carboxylic acids is 1. The molecule has 2 spiro atoms. The number of nitrogens with one attached hydrogen (secondary N) is 1. The van der Waals surface area contributed by atoms with Gasteiger partial charge in [0.1, 0.15) is 6.23 Å². The van der Waals surface area contributed by atoms with Gasteiger partial charge in [-0.05, 0) is 103 Å². The Morgan fingerprint density at radius 1 is 0.519 bits per heavy atom. The molecule has 10 nitrogen and oxygen atoms in total. The molecule has 2 N–H and O–H groups in total. The Kier molecular flexibility index (Phi) is 14.6. The van der Waals surface area contributed by atoms with Crippen LogP contribution < -0.4 is 5.32 Å². The van der Waals surface area contributed by atoms with Crippen molar-refractivity contribution in [3.05, 3.63) is 271 Å². The lowest BCUT2D eigenvalue weighted by Gasteiger charge is -2.43. The first-order chi connectivity index (χ1) is 38.7. The Labute approximate surface area is 472 Å². The second kappa shape index (κ2) is 21.9. The van der Waals surface area contributed by atoms with Gasteiger partial charge in [0.15, 0.2) is 0 Å². The fourth-order valence-electron chi connectivity index (χ4n) is 11.9. The third-order valence-corrected chi connectivity index (χ3v) is 18.0. The molecule has 2 aliphatic carbocycles. The van der Waals surface area contributed by atoms with Gasteiger partial charge in [-0.25, -0.2) is 9.59 Å². The molecular weight excluding hydrogens is 1050 g/mol. The average molecular weight is 1110 g/mol. The summed E-state index contributed by atoms with van der Waals surface area (Å²) in [4.78, 5) is 26.1. The second-order valence-electron chi connectivity index (χ2n) is 20.2. The Balaban J connectivity index is 0.000000119. The first-order valence-electron chi connectivity index (χ1n) is 26.3. The summed E-state index contributed by atoms with van der Waals surface area (Å²) < 4.78 is 36.2. The van der Waals surface area contributed by atoms with Crippen molar-refractivity contribution >= 4 is 46.2 Å². The number of hydrogen-bond acceptors (Lipinski definition) is 11. The number of esters is 1. The maximum Gasteiger partial charge on any atom is 0.372 e. The van der Waals surface area contributed by atoms with Gasteiger partial charge in [-0.1, -0.05) is 194 Å². The van der Waals surface area contributed by atoms with Gasteiger partial charge in [0.05, 0.1) is 65.6 Å². The predicted molar refractivity (Wildman–Crippen MR) is 307 cm³/mol. The summed E-state index contributed by atoms with van der Waals surface area (Å²) in [5.41, 5.74) is 11.9. The molecule has 0 amide bonds. The smallest absolute Gasteiger partial charge is 0.372 e. The molecule has 398 valence electrons. The monoisotopic (exact) mass is 1110 g/mol. The Hall–Kier alpha value is -7.07. The topological polar surface area (TPSA) is 122 Å². The van der Waals surface area contributed by atoms with Crippen LogP contribution in [0, 0.1) is 0 Å². The number of carbonyl (C=O) groups excluding carboxylic acids is 1. The molecule has 1 atom stereocenters. The van der Waals surface area contributed by atoms with Crippen LogP contribution in [0.1, 0.15) is 61.9 Å². The van der Waals surface area contributed by atoms with Crippen LogP contribution in [0.25, 0.3) is 22.3 Å². The highest BCUT2D eigenvalue weighted by atomic mass is 35.5. The fourth-order valence-corrected chi connectivity index (χ4v) is 13.7. The highest BCUT2D eigenvalue weighted by Crippen LogP contribution is 2.55. The summed E-state index contributed by atoms with van der Waals surface area (Å²) in [6, 6.07) is 69.4. The standard InChI is InChI=1S/C23H20O4S.C22H20ClNO.C21H16O4S/c1-2-25-21(24)23(20-12-7-13-28-20)26-14-22(15-27-23)18-10-5-3-8-16(18)17-9-4-6-11-19(17)22;23-20-13-11-17(12-14-20)21-24-15-22(16-25-21,18-7-3-1-4-8-18)19-9-5-2-6-10-19;22-19(23)21(18-10-5-11-26-18)24-12-20(13-25-21)16-8-3-1-6-14(16)15-7-2-4-9-17(15)20/h3-13H,2,14-15H2,1H3;1-14,21,24H,15-16H2;1-11H,12-13H2,(H,22,23). The van der Waals surface area contributed by atoms with E-state index in [0.717, 1.165) is 39.4 Å². The number of halogens is 1. The third kappa shape index (κ3) is 9.15. The number of fused-ring (bicyclic) bond motifs is 10. The van der Waals surface area contributed by atoms with Crippen molar-refractivity contribution in [2.45, 2.75) is 41.0 Å². The van der Waals surface area contributed by atoms with Crippen LogP contribution in [0.5, 0.6) is 0 Å². The van der Waals surface area contributed by atoms with E-state index in [-0.39, 0.29) is 31.5 Å². The van der Waals surface area contributed by atoms with Crippen LogP contribution in [0.4, 0.5) is 0 Å². The number of hydrogen-bond donors (Lipinski definition) is 2. The lowest BCUT2D eigenvalue weighted by atomic mass is 9.74. The molecule has 2 aromatic heterocycles. The van der Waals surface area contributed by atoms with E-state index in [1.165, 1.54) is 56.1 Å². The zero-order valence-electron chi connectivity index (χ0n) is 43.2. The molecule has 0 bridgehead atoms. The fraction of sp³-hybridized carbons (Fsp3) is 0.212. The van der Waals surface area contributed by atoms with E-state index in [1.54, 1.807) is 13.0 Å². The molecule has 1 unspecified atom stereocenters. The first-order valence-corrected chi connectivity index (χ1v) is 28.4. The number of aliphatic carboxylic acids is 1. The quantitative estimate of drug-likeness (QED) is 0.142. The van der Waals surface area contributed by atoms with E-state index in [2.05, 4.69) is 115 Å².